The Morgan fingerprint density at radius 2 is 2.53 bits per heavy atom. The predicted octanol–water partition coefficient (Wildman–Crippen LogP) is -0.0336. The molecule has 1 saturated heterocycles. The largest absolute Gasteiger partial charge is 0.395 e. The lowest BCUT2D eigenvalue weighted by Gasteiger charge is -2.24. The zero-order chi connectivity index (χ0) is 12.1. The van der Waals surface area contributed by atoms with Crippen LogP contribution in [0, 0.1) is 0 Å². The van der Waals surface area contributed by atoms with Crippen molar-refractivity contribution in [2.75, 3.05) is 26.2 Å². The van der Waals surface area contributed by atoms with E-state index in [-0.39, 0.29) is 6.61 Å². The number of nitrogens with one attached hydrogen (secondary N) is 1. The number of aliphatic hydroxyl groups is 1. The number of hydrogen-bond donors (Lipinski definition) is 2. The highest BCUT2D eigenvalue weighted by Crippen LogP contribution is 2.09. The molecule has 2 N–H and O–H groups in total. The Balaban J connectivity index is 1.89. The second-order valence-electron chi connectivity index (χ2n) is 4.70. The van der Waals surface area contributed by atoms with Gasteiger partial charge in [-0.3, -0.25) is 9.58 Å². The standard InChI is InChI=1S/C12H22N4O/c1-15-12(4-6-14-15)10-16(7-8-17)9-11-3-2-5-13-11/h4,6,11,13,17H,2-3,5,7-10H2,1H3. The Kier molecular flexibility index (Phi) is 4.53. The summed E-state index contributed by atoms with van der Waals surface area (Å²) in [6.45, 7) is 3.93. The second-order valence-corrected chi connectivity index (χ2v) is 4.70. The molecule has 0 bridgehead atoms. The minimum absolute atomic E-state index is 0.213. The molecule has 1 fully saturated rings. The zero-order valence-corrected chi connectivity index (χ0v) is 10.5. The lowest BCUT2D eigenvalue weighted by Crippen LogP contribution is -2.38. The summed E-state index contributed by atoms with van der Waals surface area (Å²) in [5.74, 6) is 0. The molecule has 0 saturated carbocycles. The monoisotopic (exact) mass is 238 g/mol. The van der Waals surface area contributed by atoms with Crippen LogP contribution in [0.2, 0.25) is 0 Å². The van der Waals surface area contributed by atoms with Crippen LogP contribution in [0.15, 0.2) is 12.3 Å². The third kappa shape index (κ3) is 3.52. The number of nitrogens with zero attached hydrogens (tertiary/aromatic N) is 3. The molecule has 96 valence electrons. The predicted molar refractivity (Wildman–Crippen MR) is 66.6 cm³/mol. The average molecular weight is 238 g/mol. The van der Waals surface area contributed by atoms with Crippen molar-refractivity contribution in [3.05, 3.63) is 18.0 Å². The summed E-state index contributed by atoms with van der Waals surface area (Å²) in [6, 6.07) is 2.61. The van der Waals surface area contributed by atoms with Crippen LogP contribution in [-0.4, -0.2) is 52.1 Å². The van der Waals surface area contributed by atoms with Gasteiger partial charge in [-0.2, -0.15) is 5.10 Å². The van der Waals surface area contributed by atoms with Gasteiger partial charge >= 0.3 is 0 Å². The van der Waals surface area contributed by atoms with Crippen LogP contribution in [0.1, 0.15) is 18.5 Å². The molecule has 0 aliphatic carbocycles. The summed E-state index contributed by atoms with van der Waals surface area (Å²) >= 11 is 0. The van der Waals surface area contributed by atoms with Crippen LogP contribution in [-0.2, 0) is 13.6 Å². The van der Waals surface area contributed by atoms with Crippen LogP contribution in [0.4, 0.5) is 0 Å². The Labute approximate surface area is 102 Å². The normalized spacial score (nSPS) is 20.3. The Morgan fingerprint density at radius 1 is 1.65 bits per heavy atom. The molecule has 2 rings (SSSR count). The van der Waals surface area contributed by atoms with E-state index in [4.69, 9.17) is 5.11 Å². The van der Waals surface area contributed by atoms with E-state index in [0.717, 1.165) is 26.2 Å². The van der Waals surface area contributed by atoms with Crippen molar-refractivity contribution in [1.29, 1.82) is 0 Å². The van der Waals surface area contributed by atoms with Crippen molar-refractivity contribution in [3.8, 4) is 0 Å². The van der Waals surface area contributed by atoms with Gasteiger partial charge in [-0.05, 0) is 25.5 Å². The van der Waals surface area contributed by atoms with Gasteiger partial charge in [0.25, 0.3) is 0 Å². The first-order valence-electron chi connectivity index (χ1n) is 6.33. The van der Waals surface area contributed by atoms with Crippen molar-refractivity contribution < 1.29 is 5.11 Å². The molecule has 5 nitrogen and oxygen atoms in total. The smallest absolute Gasteiger partial charge is 0.0558 e. The minimum atomic E-state index is 0.213. The van der Waals surface area contributed by atoms with Gasteiger partial charge in [0.15, 0.2) is 0 Å². The summed E-state index contributed by atoms with van der Waals surface area (Å²) < 4.78 is 1.90. The summed E-state index contributed by atoms with van der Waals surface area (Å²) in [7, 11) is 1.96. The number of aliphatic hydroxyl groups excluding tert-OH is 1. The van der Waals surface area contributed by atoms with Gasteiger partial charge in [0, 0.05) is 38.9 Å². The molecule has 0 amide bonds. The molecule has 1 aliphatic heterocycles. The molecular formula is C12H22N4O. The molecule has 1 aliphatic rings. The Morgan fingerprint density at radius 3 is 3.12 bits per heavy atom. The first kappa shape index (κ1) is 12.5. The molecule has 1 unspecified atom stereocenters. The van der Waals surface area contributed by atoms with Crippen molar-refractivity contribution in [2.45, 2.75) is 25.4 Å². The lowest BCUT2D eigenvalue weighted by atomic mass is 10.2. The van der Waals surface area contributed by atoms with Crippen LogP contribution >= 0.6 is 0 Å². The quantitative estimate of drug-likeness (QED) is 0.730. The Bertz CT molecular complexity index is 333. The van der Waals surface area contributed by atoms with Crippen LogP contribution in [0.25, 0.3) is 0 Å². The molecule has 1 aromatic heterocycles. The van der Waals surface area contributed by atoms with Gasteiger partial charge in [-0.15, -0.1) is 0 Å². The maximum Gasteiger partial charge on any atom is 0.0558 e. The first-order valence-corrected chi connectivity index (χ1v) is 6.33. The molecule has 0 aromatic carbocycles. The van der Waals surface area contributed by atoms with Gasteiger partial charge in [-0.25, -0.2) is 0 Å². The van der Waals surface area contributed by atoms with Crippen LogP contribution in [0.3, 0.4) is 0 Å². The summed E-state index contributed by atoms with van der Waals surface area (Å²) in [5.41, 5.74) is 1.19. The molecule has 17 heavy (non-hydrogen) atoms. The fourth-order valence-electron chi connectivity index (χ4n) is 2.39. The molecular weight excluding hydrogens is 216 g/mol. The third-order valence-corrected chi connectivity index (χ3v) is 3.37. The van der Waals surface area contributed by atoms with Gasteiger partial charge in [0.1, 0.15) is 0 Å². The van der Waals surface area contributed by atoms with Gasteiger partial charge in [-0.1, -0.05) is 0 Å². The molecule has 1 aromatic rings. The average Bonchev–Trinajstić information content (AvgIpc) is 2.92. The van der Waals surface area contributed by atoms with E-state index >= 15 is 0 Å². The molecule has 0 spiro atoms. The fourth-order valence-corrected chi connectivity index (χ4v) is 2.39. The summed E-state index contributed by atoms with van der Waals surface area (Å²) in [4.78, 5) is 2.29. The number of aryl methyl sites for hydroxylation is 1. The molecule has 0 radical (unpaired) electrons. The third-order valence-electron chi connectivity index (χ3n) is 3.37. The van der Waals surface area contributed by atoms with Crippen LogP contribution < -0.4 is 5.32 Å². The zero-order valence-electron chi connectivity index (χ0n) is 10.5. The molecule has 1 atom stereocenters. The van der Waals surface area contributed by atoms with E-state index in [2.05, 4.69) is 15.3 Å². The van der Waals surface area contributed by atoms with Gasteiger partial charge < -0.3 is 10.4 Å². The van der Waals surface area contributed by atoms with E-state index in [0.29, 0.717) is 6.04 Å². The van der Waals surface area contributed by atoms with Crippen molar-refractivity contribution in [3.63, 3.8) is 0 Å². The van der Waals surface area contributed by atoms with E-state index in [1.807, 2.05) is 24.0 Å². The number of hydrogen-bond acceptors (Lipinski definition) is 4. The maximum absolute atomic E-state index is 9.12. The van der Waals surface area contributed by atoms with E-state index in [1.165, 1.54) is 18.5 Å². The maximum atomic E-state index is 9.12. The fraction of sp³-hybridized carbons (Fsp3) is 0.750. The van der Waals surface area contributed by atoms with E-state index < -0.39 is 0 Å². The molecule has 2 heterocycles. The van der Waals surface area contributed by atoms with Crippen molar-refractivity contribution in [2.24, 2.45) is 7.05 Å². The number of rotatable bonds is 6. The lowest BCUT2D eigenvalue weighted by molar-refractivity contribution is 0.176. The number of aromatic nitrogens is 2. The Hall–Kier alpha value is -0.910. The summed E-state index contributed by atoms with van der Waals surface area (Å²) in [5, 5.41) is 16.8. The SMILES string of the molecule is Cn1nccc1CN(CCO)CC1CCCN1. The van der Waals surface area contributed by atoms with Crippen molar-refractivity contribution in [1.82, 2.24) is 20.0 Å². The van der Waals surface area contributed by atoms with Gasteiger partial charge in [0.05, 0.1) is 12.3 Å². The van der Waals surface area contributed by atoms with Gasteiger partial charge in [0.2, 0.25) is 0 Å². The first-order chi connectivity index (χ1) is 8.29. The minimum Gasteiger partial charge on any atom is -0.395 e. The topological polar surface area (TPSA) is 53.3 Å². The highest BCUT2D eigenvalue weighted by Gasteiger charge is 2.18. The molecule has 5 heteroatoms. The highest BCUT2D eigenvalue weighted by molar-refractivity contribution is 5.00. The van der Waals surface area contributed by atoms with Crippen LogP contribution in [0.5, 0.6) is 0 Å². The van der Waals surface area contributed by atoms with Crippen molar-refractivity contribution >= 4 is 0 Å². The second kappa shape index (κ2) is 6.14. The summed E-state index contributed by atoms with van der Waals surface area (Å²) in [6.07, 6.45) is 4.33. The van der Waals surface area contributed by atoms with E-state index in [1.54, 1.807) is 0 Å². The highest BCUT2D eigenvalue weighted by atomic mass is 16.3. The van der Waals surface area contributed by atoms with E-state index in [9.17, 15) is 0 Å².